The number of methoxy groups -OCH3 is 1. The molecule has 0 saturated heterocycles. The number of ether oxygens (including phenoxy) is 1. The van der Waals surface area contributed by atoms with Crippen LogP contribution >= 0.6 is 0 Å². The molecule has 0 aromatic carbocycles. The highest BCUT2D eigenvalue weighted by Gasteiger charge is 2.53. The minimum Gasteiger partial charge on any atom is -0.377 e. The molecule has 2 atom stereocenters. The molecule has 0 radical (unpaired) electrons. The molecule has 2 unspecified atom stereocenters. The molecule has 2 nitrogen and oxygen atoms in total. The van der Waals surface area contributed by atoms with Gasteiger partial charge in [-0.15, -0.1) is 0 Å². The van der Waals surface area contributed by atoms with Crippen LogP contribution in [-0.4, -0.2) is 18.5 Å². The van der Waals surface area contributed by atoms with Gasteiger partial charge < -0.3 is 4.74 Å². The van der Waals surface area contributed by atoms with Crippen molar-refractivity contribution in [1.82, 2.24) is 0 Å². The molecule has 2 aliphatic carbocycles. The molecular weight excluding hydrogens is 140 g/mol. The second-order valence-corrected chi connectivity index (χ2v) is 3.36. The molecule has 1 fully saturated rings. The lowest BCUT2D eigenvalue weighted by Crippen LogP contribution is -2.56. The SMILES string of the molecule is COC12CCC=CC1C(=O)C2. The topological polar surface area (TPSA) is 26.3 Å². The van der Waals surface area contributed by atoms with Crippen LogP contribution in [0.3, 0.4) is 0 Å². The summed E-state index contributed by atoms with van der Waals surface area (Å²) in [6.45, 7) is 0. The zero-order valence-corrected chi connectivity index (χ0v) is 6.67. The predicted octanol–water partition coefficient (Wildman–Crippen LogP) is 1.31. The zero-order valence-electron chi connectivity index (χ0n) is 6.67. The Balaban J connectivity index is 2.23. The van der Waals surface area contributed by atoms with Gasteiger partial charge in [0, 0.05) is 13.5 Å². The number of hydrogen-bond acceptors (Lipinski definition) is 2. The molecule has 0 aromatic heterocycles. The van der Waals surface area contributed by atoms with Gasteiger partial charge in [-0.1, -0.05) is 12.2 Å². The van der Waals surface area contributed by atoms with Crippen LogP contribution in [-0.2, 0) is 9.53 Å². The fourth-order valence-electron chi connectivity index (χ4n) is 2.06. The van der Waals surface area contributed by atoms with Crippen molar-refractivity contribution in [2.75, 3.05) is 7.11 Å². The summed E-state index contributed by atoms with van der Waals surface area (Å²) < 4.78 is 5.38. The number of carbonyl (C=O) groups excluding carboxylic acids is 1. The van der Waals surface area contributed by atoms with Crippen molar-refractivity contribution in [3.8, 4) is 0 Å². The third-order valence-electron chi connectivity index (χ3n) is 2.86. The number of ketones is 1. The minimum atomic E-state index is -0.105. The minimum absolute atomic E-state index is 0.0706. The highest BCUT2D eigenvalue weighted by molar-refractivity contribution is 5.92. The largest absolute Gasteiger partial charge is 0.377 e. The van der Waals surface area contributed by atoms with E-state index in [1.807, 2.05) is 6.08 Å². The molecule has 0 amide bonds. The van der Waals surface area contributed by atoms with Crippen LogP contribution in [0.25, 0.3) is 0 Å². The van der Waals surface area contributed by atoms with Crippen LogP contribution < -0.4 is 0 Å². The molecule has 60 valence electrons. The molecule has 2 aliphatic rings. The molecule has 0 aromatic rings. The van der Waals surface area contributed by atoms with Crippen LogP contribution in [0, 0.1) is 5.92 Å². The standard InChI is InChI=1S/C9H12O2/c1-11-9-5-3-2-4-7(9)8(10)6-9/h2,4,7H,3,5-6H2,1H3. The molecule has 1 saturated carbocycles. The van der Waals surface area contributed by atoms with Gasteiger partial charge in [-0.3, -0.25) is 4.79 Å². The van der Waals surface area contributed by atoms with E-state index in [-0.39, 0.29) is 11.5 Å². The van der Waals surface area contributed by atoms with Gasteiger partial charge >= 0.3 is 0 Å². The lowest BCUT2D eigenvalue weighted by atomic mass is 9.63. The van der Waals surface area contributed by atoms with E-state index < -0.39 is 0 Å². The second kappa shape index (κ2) is 2.18. The van der Waals surface area contributed by atoms with Crippen LogP contribution in [0.4, 0.5) is 0 Å². The maximum atomic E-state index is 11.1. The molecule has 0 spiro atoms. The van der Waals surface area contributed by atoms with Crippen molar-refractivity contribution >= 4 is 5.78 Å². The van der Waals surface area contributed by atoms with Gasteiger partial charge in [0.25, 0.3) is 0 Å². The highest BCUT2D eigenvalue weighted by atomic mass is 16.5. The van der Waals surface area contributed by atoms with Crippen molar-refractivity contribution in [2.45, 2.75) is 24.9 Å². The third kappa shape index (κ3) is 0.791. The van der Waals surface area contributed by atoms with Gasteiger partial charge in [0.15, 0.2) is 0 Å². The van der Waals surface area contributed by atoms with Crippen molar-refractivity contribution in [3.05, 3.63) is 12.2 Å². The van der Waals surface area contributed by atoms with E-state index in [1.165, 1.54) is 0 Å². The average molecular weight is 152 g/mol. The molecule has 0 aliphatic heterocycles. The van der Waals surface area contributed by atoms with E-state index in [2.05, 4.69) is 6.08 Å². The number of Topliss-reactive ketones (excluding diaryl/α,β-unsaturated/α-hetero) is 1. The van der Waals surface area contributed by atoms with Gasteiger partial charge in [-0.25, -0.2) is 0 Å². The Morgan fingerprint density at radius 3 is 3.09 bits per heavy atom. The zero-order chi connectivity index (χ0) is 7.90. The lowest BCUT2D eigenvalue weighted by molar-refractivity contribution is -0.160. The summed E-state index contributed by atoms with van der Waals surface area (Å²) in [4.78, 5) is 11.1. The Bertz CT molecular complexity index is 220. The summed E-state index contributed by atoms with van der Waals surface area (Å²) in [7, 11) is 1.71. The summed E-state index contributed by atoms with van der Waals surface area (Å²) >= 11 is 0. The number of fused-ring (bicyclic) bond motifs is 1. The fourth-order valence-corrected chi connectivity index (χ4v) is 2.06. The number of allylic oxidation sites excluding steroid dienone is 1. The van der Waals surface area contributed by atoms with Crippen molar-refractivity contribution in [3.63, 3.8) is 0 Å². The van der Waals surface area contributed by atoms with E-state index >= 15 is 0 Å². The summed E-state index contributed by atoms with van der Waals surface area (Å²) in [6, 6.07) is 0. The first-order valence-electron chi connectivity index (χ1n) is 4.03. The lowest BCUT2D eigenvalue weighted by Gasteiger charge is -2.47. The molecular formula is C9H12O2. The molecule has 0 heterocycles. The van der Waals surface area contributed by atoms with Gasteiger partial charge in [-0.05, 0) is 12.8 Å². The highest BCUT2D eigenvalue weighted by Crippen LogP contribution is 2.45. The van der Waals surface area contributed by atoms with E-state index in [4.69, 9.17) is 4.74 Å². The Morgan fingerprint density at radius 1 is 1.73 bits per heavy atom. The van der Waals surface area contributed by atoms with Gasteiger partial charge in [0.2, 0.25) is 0 Å². The summed E-state index contributed by atoms with van der Waals surface area (Å²) in [5, 5.41) is 0. The van der Waals surface area contributed by atoms with Gasteiger partial charge in [0.05, 0.1) is 11.5 Å². The first-order chi connectivity index (χ1) is 5.28. The van der Waals surface area contributed by atoms with E-state index in [0.29, 0.717) is 12.2 Å². The molecule has 0 bridgehead atoms. The third-order valence-corrected chi connectivity index (χ3v) is 2.86. The van der Waals surface area contributed by atoms with Crippen molar-refractivity contribution in [1.29, 1.82) is 0 Å². The predicted molar refractivity (Wildman–Crippen MR) is 41.2 cm³/mol. The quantitative estimate of drug-likeness (QED) is 0.529. The number of hydrogen-bond donors (Lipinski definition) is 0. The Labute approximate surface area is 66.2 Å². The number of rotatable bonds is 1. The maximum Gasteiger partial charge on any atom is 0.145 e. The van der Waals surface area contributed by atoms with E-state index in [0.717, 1.165) is 12.8 Å². The fraction of sp³-hybridized carbons (Fsp3) is 0.667. The Morgan fingerprint density at radius 2 is 2.55 bits per heavy atom. The van der Waals surface area contributed by atoms with Crippen LogP contribution in [0.15, 0.2) is 12.2 Å². The van der Waals surface area contributed by atoms with Crippen LogP contribution in [0.5, 0.6) is 0 Å². The Kier molecular flexibility index (Phi) is 1.39. The van der Waals surface area contributed by atoms with E-state index in [9.17, 15) is 4.79 Å². The monoisotopic (exact) mass is 152 g/mol. The second-order valence-electron chi connectivity index (χ2n) is 3.36. The molecule has 11 heavy (non-hydrogen) atoms. The smallest absolute Gasteiger partial charge is 0.145 e. The normalized spacial score (nSPS) is 41.5. The summed E-state index contributed by atoms with van der Waals surface area (Å²) in [6.07, 6.45) is 6.77. The van der Waals surface area contributed by atoms with Crippen LogP contribution in [0.1, 0.15) is 19.3 Å². The van der Waals surface area contributed by atoms with Gasteiger partial charge in [-0.2, -0.15) is 0 Å². The molecule has 0 N–H and O–H groups in total. The van der Waals surface area contributed by atoms with Crippen molar-refractivity contribution < 1.29 is 9.53 Å². The summed E-state index contributed by atoms with van der Waals surface area (Å²) in [5.74, 6) is 0.407. The Hall–Kier alpha value is -0.630. The average Bonchev–Trinajstić information content (AvgIpc) is 2.02. The first-order valence-corrected chi connectivity index (χ1v) is 4.03. The van der Waals surface area contributed by atoms with Gasteiger partial charge in [0.1, 0.15) is 5.78 Å². The molecule has 2 rings (SSSR count). The molecule has 2 heteroatoms. The van der Waals surface area contributed by atoms with Crippen LogP contribution in [0.2, 0.25) is 0 Å². The maximum absolute atomic E-state index is 11.1. The van der Waals surface area contributed by atoms with Crippen molar-refractivity contribution in [2.24, 2.45) is 5.92 Å². The first kappa shape index (κ1) is 7.04. The number of carbonyl (C=O) groups is 1. The summed E-state index contributed by atoms with van der Waals surface area (Å²) in [5.41, 5.74) is -0.105. The van der Waals surface area contributed by atoms with E-state index in [1.54, 1.807) is 7.11 Å².